The number of fused-ring (bicyclic) bond motifs is 1. The third-order valence-electron chi connectivity index (χ3n) is 3.73. The van der Waals surface area contributed by atoms with Crippen molar-refractivity contribution in [3.8, 4) is 0 Å². The molecule has 0 spiro atoms. The van der Waals surface area contributed by atoms with Gasteiger partial charge in [0.05, 0.1) is 12.7 Å². The van der Waals surface area contributed by atoms with Gasteiger partial charge >= 0.3 is 0 Å². The van der Waals surface area contributed by atoms with E-state index < -0.39 is 0 Å². The van der Waals surface area contributed by atoms with Crippen molar-refractivity contribution < 1.29 is 4.74 Å². The summed E-state index contributed by atoms with van der Waals surface area (Å²) in [6.07, 6.45) is 0.466. The van der Waals surface area contributed by atoms with Crippen molar-refractivity contribution in [1.82, 2.24) is 10.2 Å². The van der Waals surface area contributed by atoms with Gasteiger partial charge in [-0.25, -0.2) is 0 Å². The highest BCUT2D eigenvalue weighted by molar-refractivity contribution is 4.99. The Labute approximate surface area is 93.2 Å². The van der Waals surface area contributed by atoms with Gasteiger partial charge in [-0.2, -0.15) is 0 Å². The SMILES string of the molecule is CCNC1COC2CN(C(C)(C)C)CC12. The first-order valence-electron chi connectivity index (χ1n) is 6.12. The van der Waals surface area contributed by atoms with E-state index in [9.17, 15) is 0 Å². The number of rotatable bonds is 2. The van der Waals surface area contributed by atoms with Gasteiger partial charge in [-0.1, -0.05) is 6.92 Å². The maximum Gasteiger partial charge on any atom is 0.0759 e. The van der Waals surface area contributed by atoms with Gasteiger partial charge in [0.2, 0.25) is 0 Å². The molecule has 2 fully saturated rings. The molecule has 2 aliphatic heterocycles. The highest BCUT2D eigenvalue weighted by Gasteiger charge is 2.45. The predicted molar refractivity (Wildman–Crippen MR) is 62.0 cm³/mol. The summed E-state index contributed by atoms with van der Waals surface area (Å²) < 4.78 is 5.86. The molecule has 3 nitrogen and oxygen atoms in total. The van der Waals surface area contributed by atoms with E-state index in [1.165, 1.54) is 6.54 Å². The molecule has 15 heavy (non-hydrogen) atoms. The zero-order valence-corrected chi connectivity index (χ0v) is 10.4. The lowest BCUT2D eigenvalue weighted by atomic mass is 10.00. The number of nitrogens with one attached hydrogen (secondary N) is 1. The van der Waals surface area contributed by atoms with Gasteiger partial charge < -0.3 is 10.1 Å². The molecule has 1 N–H and O–H groups in total. The minimum Gasteiger partial charge on any atom is -0.375 e. The molecule has 0 aromatic carbocycles. The van der Waals surface area contributed by atoms with Gasteiger partial charge in [0, 0.05) is 30.6 Å². The molecule has 3 heteroatoms. The molecule has 0 amide bonds. The van der Waals surface area contributed by atoms with E-state index in [1.54, 1.807) is 0 Å². The first-order valence-corrected chi connectivity index (χ1v) is 6.12. The highest BCUT2D eigenvalue weighted by Crippen LogP contribution is 2.32. The number of likely N-dealkylation sites (N-methyl/N-ethyl adjacent to an activating group) is 1. The summed E-state index contributed by atoms with van der Waals surface area (Å²) in [6, 6.07) is 0.576. The van der Waals surface area contributed by atoms with Crippen molar-refractivity contribution in [3.05, 3.63) is 0 Å². The molecule has 2 saturated heterocycles. The molecule has 0 bridgehead atoms. The summed E-state index contributed by atoms with van der Waals surface area (Å²) in [5.41, 5.74) is 0.282. The van der Waals surface area contributed by atoms with Crippen LogP contribution in [-0.4, -0.2) is 48.8 Å². The van der Waals surface area contributed by atoms with Crippen LogP contribution in [0.25, 0.3) is 0 Å². The number of hydrogen-bond acceptors (Lipinski definition) is 3. The van der Waals surface area contributed by atoms with Crippen molar-refractivity contribution >= 4 is 0 Å². The standard InChI is InChI=1S/C12H24N2O/c1-5-13-10-8-15-11-7-14(6-9(10)11)12(2,3)4/h9-11,13H,5-8H2,1-4H3. The van der Waals surface area contributed by atoms with Crippen LogP contribution in [0.2, 0.25) is 0 Å². The van der Waals surface area contributed by atoms with Gasteiger partial charge in [0.25, 0.3) is 0 Å². The molecule has 3 unspecified atom stereocenters. The molecule has 2 rings (SSSR count). The van der Waals surface area contributed by atoms with Crippen molar-refractivity contribution in [2.45, 2.75) is 45.4 Å². The molecule has 2 aliphatic rings. The third-order valence-corrected chi connectivity index (χ3v) is 3.73. The second kappa shape index (κ2) is 4.04. The van der Waals surface area contributed by atoms with Crippen LogP contribution in [0.4, 0.5) is 0 Å². The van der Waals surface area contributed by atoms with Crippen LogP contribution in [0.3, 0.4) is 0 Å². The Morgan fingerprint density at radius 2 is 2.07 bits per heavy atom. The lowest BCUT2D eigenvalue weighted by molar-refractivity contribution is 0.0763. The summed E-state index contributed by atoms with van der Waals surface area (Å²) in [5, 5.41) is 3.54. The Kier molecular flexibility index (Phi) is 3.06. The minimum absolute atomic E-state index is 0.282. The van der Waals surface area contributed by atoms with Crippen molar-refractivity contribution in [3.63, 3.8) is 0 Å². The Hall–Kier alpha value is -0.120. The lowest BCUT2D eigenvalue weighted by Crippen LogP contribution is -2.43. The predicted octanol–water partition coefficient (Wildman–Crippen LogP) is 1.09. The lowest BCUT2D eigenvalue weighted by Gasteiger charge is -2.32. The molecule has 0 radical (unpaired) electrons. The van der Waals surface area contributed by atoms with Gasteiger partial charge in [-0.05, 0) is 27.3 Å². The molecule has 88 valence electrons. The van der Waals surface area contributed by atoms with Crippen LogP contribution in [0, 0.1) is 5.92 Å². The van der Waals surface area contributed by atoms with E-state index >= 15 is 0 Å². The first kappa shape index (κ1) is 11.4. The summed E-state index contributed by atoms with van der Waals surface area (Å²) in [5.74, 6) is 0.698. The second-order valence-corrected chi connectivity index (χ2v) is 5.78. The maximum absolute atomic E-state index is 5.86. The average Bonchev–Trinajstić information content (AvgIpc) is 2.65. The van der Waals surface area contributed by atoms with E-state index in [2.05, 4.69) is 37.9 Å². The van der Waals surface area contributed by atoms with Gasteiger partial charge in [-0.15, -0.1) is 0 Å². The highest BCUT2D eigenvalue weighted by atomic mass is 16.5. The topological polar surface area (TPSA) is 24.5 Å². The van der Waals surface area contributed by atoms with Crippen molar-refractivity contribution in [1.29, 1.82) is 0 Å². The van der Waals surface area contributed by atoms with Crippen LogP contribution < -0.4 is 5.32 Å². The Morgan fingerprint density at radius 1 is 1.33 bits per heavy atom. The fourth-order valence-corrected chi connectivity index (χ4v) is 2.73. The van der Waals surface area contributed by atoms with E-state index in [-0.39, 0.29) is 5.54 Å². The van der Waals surface area contributed by atoms with E-state index in [0.29, 0.717) is 18.1 Å². The van der Waals surface area contributed by atoms with E-state index in [1.807, 2.05) is 0 Å². The molecule has 0 saturated carbocycles. The summed E-state index contributed by atoms with van der Waals surface area (Å²) >= 11 is 0. The summed E-state index contributed by atoms with van der Waals surface area (Å²) in [6.45, 7) is 13.3. The Balaban J connectivity index is 1.97. The number of ether oxygens (including phenoxy) is 1. The Bertz CT molecular complexity index is 222. The number of likely N-dealkylation sites (tertiary alicyclic amines) is 1. The molecular formula is C12H24N2O. The van der Waals surface area contributed by atoms with E-state index in [0.717, 1.165) is 19.7 Å². The zero-order chi connectivity index (χ0) is 11.1. The van der Waals surface area contributed by atoms with Crippen LogP contribution in [-0.2, 0) is 4.74 Å². The van der Waals surface area contributed by atoms with Crippen molar-refractivity contribution in [2.75, 3.05) is 26.2 Å². The second-order valence-electron chi connectivity index (χ2n) is 5.78. The fraction of sp³-hybridized carbons (Fsp3) is 1.00. The van der Waals surface area contributed by atoms with Crippen LogP contribution in [0.1, 0.15) is 27.7 Å². The third kappa shape index (κ3) is 2.19. The fourth-order valence-electron chi connectivity index (χ4n) is 2.73. The maximum atomic E-state index is 5.86. The summed E-state index contributed by atoms with van der Waals surface area (Å²) in [4.78, 5) is 2.55. The molecular weight excluding hydrogens is 188 g/mol. The number of nitrogens with zero attached hydrogens (tertiary/aromatic N) is 1. The molecule has 2 heterocycles. The van der Waals surface area contributed by atoms with Gasteiger partial charge in [-0.3, -0.25) is 4.90 Å². The minimum atomic E-state index is 0.282. The zero-order valence-electron chi connectivity index (χ0n) is 10.4. The smallest absolute Gasteiger partial charge is 0.0759 e. The van der Waals surface area contributed by atoms with Gasteiger partial charge in [0.15, 0.2) is 0 Å². The molecule has 0 aromatic rings. The van der Waals surface area contributed by atoms with Crippen molar-refractivity contribution in [2.24, 2.45) is 5.92 Å². The van der Waals surface area contributed by atoms with Crippen LogP contribution in [0.5, 0.6) is 0 Å². The molecule has 3 atom stereocenters. The van der Waals surface area contributed by atoms with E-state index in [4.69, 9.17) is 4.74 Å². The molecule has 0 aliphatic carbocycles. The Morgan fingerprint density at radius 3 is 2.67 bits per heavy atom. The van der Waals surface area contributed by atoms with Crippen LogP contribution >= 0.6 is 0 Å². The monoisotopic (exact) mass is 212 g/mol. The largest absolute Gasteiger partial charge is 0.375 e. The van der Waals surface area contributed by atoms with Gasteiger partial charge in [0.1, 0.15) is 0 Å². The summed E-state index contributed by atoms with van der Waals surface area (Å²) in [7, 11) is 0. The average molecular weight is 212 g/mol. The van der Waals surface area contributed by atoms with Crippen LogP contribution in [0.15, 0.2) is 0 Å². The molecule has 0 aromatic heterocycles. The number of hydrogen-bond donors (Lipinski definition) is 1. The quantitative estimate of drug-likeness (QED) is 0.741. The first-order chi connectivity index (χ1) is 7.02. The normalized spacial score (nSPS) is 37.2.